The number of pyridine rings is 1. The van der Waals surface area contributed by atoms with Gasteiger partial charge in [0.1, 0.15) is 29.7 Å². The number of aromatic nitrogens is 3. The monoisotopic (exact) mass is 540 g/mol. The molecule has 0 bridgehead atoms. The second-order valence-corrected chi connectivity index (χ2v) is 10.9. The van der Waals surface area contributed by atoms with Crippen LogP contribution < -0.4 is 20.1 Å². The molecule has 2 N–H and O–H groups in total. The van der Waals surface area contributed by atoms with Gasteiger partial charge in [0.15, 0.2) is 0 Å². The number of hydrogen-bond donors (Lipinski definition) is 2. The Morgan fingerprint density at radius 2 is 1.65 bits per heavy atom. The molecule has 1 saturated heterocycles. The van der Waals surface area contributed by atoms with Crippen molar-refractivity contribution in [3.8, 4) is 22.9 Å². The maximum atomic E-state index is 13.0. The second kappa shape index (κ2) is 12.2. The lowest BCUT2D eigenvalue weighted by Crippen LogP contribution is -2.25. The summed E-state index contributed by atoms with van der Waals surface area (Å²) in [5.74, 6) is 2.68. The van der Waals surface area contributed by atoms with Crippen LogP contribution in [-0.2, 0) is 5.41 Å². The largest absolute Gasteiger partial charge is 0.492 e. The van der Waals surface area contributed by atoms with Crippen molar-refractivity contribution in [3.05, 3.63) is 84.8 Å². The molecular formula is C31H36N6O3. The van der Waals surface area contributed by atoms with E-state index in [0.29, 0.717) is 29.6 Å². The van der Waals surface area contributed by atoms with Crippen molar-refractivity contribution < 1.29 is 14.3 Å². The Morgan fingerprint density at radius 3 is 2.33 bits per heavy atom. The quantitative estimate of drug-likeness (QED) is 0.253. The summed E-state index contributed by atoms with van der Waals surface area (Å²) < 4.78 is 13.5. The van der Waals surface area contributed by atoms with Gasteiger partial charge >= 0.3 is 6.03 Å². The molecule has 208 valence electrons. The second-order valence-electron chi connectivity index (χ2n) is 10.9. The highest BCUT2D eigenvalue weighted by atomic mass is 16.5. The zero-order chi connectivity index (χ0) is 28.0. The molecule has 40 heavy (non-hydrogen) atoms. The van der Waals surface area contributed by atoms with Gasteiger partial charge in [-0.3, -0.25) is 15.2 Å². The molecule has 5 rings (SSSR count). The molecule has 0 unspecified atom stereocenters. The van der Waals surface area contributed by atoms with Crippen LogP contribution in [0.5, 0.6) is 17.2 Å². The number of nitrogens with zero attached hydrogens (tertiary/aromatic N) is 4. The Hall–Kier alpha value is -4.37. The van der Waals surface area contributed by atoms with Gasteiger partial charge in [0.25, 0.3) is 0 Å². The number of ether oxygens (including phenoxy) is 2. The predicted molar refractivity (Wildman–Crippen MR) is 157 cm³/mol. The van der Waals surface area contributed by atoms with Crippen LogP contribution in [-0.4, -0.2) is 51.9 Å². The Kier molecular flexibility index (Phi) is 8.31. The number of urea groups is 1. The van der Waals surface area contributed by atoms with Gasteiger partial charge in [0, 0.05) is 29.9 Å². The van der Waals surface area contributed by atoms with E-state index in [1.165, 1.54) is 12.8 Å². The topological polar surface area (TPSA) is 93.5 Å². The minimum atomic E-state index is -0.371. The Morgan fingerprint density at radius 1 is 0.925 bits per heavy atom. The normalized spacial score (nSPS) is 13.7. The number of anilines is 2. The zero-order valence-electron chi connectivity index (χ0n) is 23.3. The molecule has 1 aliphatic heterocycles. The molecule has 3 heterocycles. The van der Waals surface area contributed by atoms with Gasteiger partial charge in [-0.2, -0.15) is 5.10 Å². The minimum Gasteiger partial charge on any atom is -0.492 e. The molecule has 1 fully saturated rings. The number of nitrogens with one attached hydrogen (secondary N) is 2. The molecule has 1 aliphatic rings. The fourth-order valence-electron chi connectivity index (χ4n) is 4.44. The van der Waals surface area contributed by atoms with E-state index >= 15 is 0 Å². The number of hydrogen-bond acceptors (Lipinski definition) is 6. The Labute approximate surface area is 235 Å². The number of amides is 2. The van der Waals surface area contributed by atoms with Crippen molar-refractivity contribution in [2.24, 2.45) is 0 Å². The maximum Gasteiger partial charge on any atom is 0.324 e. The summed E-state index contributed by atoms with van der Waals surface area (Å²) in [5, 5.41) is 10.7. The molecule has 9 nitrogen and oxygen atoms in total. The third kappa shape index (κ3) is 7.18. The van der Waals surface area contributed by atoms with Gasteiger partial charge in [-0.25, -0.2) is 9.48 Å². The first-order valence-corrected chi connectivity index (χ1v) is 13.7. The first-order chi connectivity index (χ1) is 19.3. The van der Waals surface area contributed by atoms with E-state index in [0.717, 1.165) is 36.8 Å². The van der Waals surface area contributed by atoms with Crippen LogP contribution in [0, 0.1) is 0 Å². The summed E-state index contributed by atoms with van der Waals surface area (Å²) >= 11 is 0. The van der Waals surface area contributed by atoms with Gasteiger partial charge < -0.3 is 14.8 Å². The average Bonchev–Trinajstić information content (AvgIpc) is 3.61. The molecule has 4 aromatic rings. The van der Waals surface area contributed by atoms with Crippen molar-refractivity contribution >= 4 is 17.5 Å². The average molecular weight is 541 g/mol. The summed E-state index contributed by atoms with van der Waals surface area (Å²) in [6.45, 7) is 10.2. The molecular weight excluding hydrogens is 504 g/mol. The number of likely N-dealkylation sites (tertiary alicyclic amines) is 1. The van der Waals surface area contributed by atoms with Crippen LogP contribution in [0.25, 0.3) is 5.69 Å². The SMILES string of the molecule is CC(C)(C)c1cc(NC(=O)Nc2ccc(Oc3cccnc3)cc2)n(-c2ccc(OCCN3CCCC3)cc2)n1. The molecule has 0 saturated carbocycles. The van der Waals surface area contributed by atoms with Crippen LogP contribution in [0.3, 0.4) is 0 Å². The lowest BCUT2D eigenvalue weighted by atomic mass is 9.92. The minimum absolute atomic E-state index is 0.194. The van der Waals surface area contributed by atoms with E-state index in [-0.39, 0.29) is 11.4 Å². The van der Waals surface area contributed by atoms with Crippen LogP contribution in [0.1, 0.15) is 39.3 Å². The smallest absolute Gasteiger partial charge is 0.324 e. The van der Waals surface area contributed by atoms with E-state index in [4.69, 9.17) is 14.6 Å². The van der Waals surface area contributed by atoms with E-state index in [1.807, 2.05) is 42.5 Å². The summed E-state index contributed by atoms with van der Waals surface area (Å²) in [4.78, 5) is 19.4. The van der Waals surface area contributed by atoms with E-state index < -0.39 is 0 Å². The standard InChI is InChI=1S/C31H36N6O3/c1-31(2,3)28-21-29(34-30(38)33-23-8-12-26(13-9-23)40-27-7-6-16-32-22-27)37(35-28)24-10-14-25(15-11-24)39-20-19-36-17-4-5-18-36/h6-16,21-22H,4-5,17-20H2,1-3H3,(H2,33,34,38). The van der Waals surface area contributed by atoms with E-state index in [2.05, 4.69) is 41.3 Å². The van der Waals surface area contributed by atoms with Crippen molar-refractivity contribution in [1.29, 1.82) is 0 Å². The number of carbonyl (C=O) groups is 1. The fraction of sp³-hybridized carbons (Fsp3) is 0.323. The molecule has 0 atom stereocenters. The maximum absolute atomic E-state index is 13.0. The number of carbonyl (C=O) groups excluding carboxylic acids is 1. The first kappa shape index (κ1) is 27.2. The zero-order valence-corrected chi connectivity index (χ0v) is 23.3. The van der Waals surface area contributed by atoms with Gasteiger partial charge in [0.2, 0.25) is 0 Å². The molecule has 0 radical (unpaired) electrons. The molecule has 9 heteroatoms. The highest BCUT2D eigenvalue weighted by Gasteiger charge is 2.22. The summed E-state index contributed by atoms with van der Waals surface area (Å²) in [5.41, 5.74) is 2.13. The lowest BCUT2D eigenvalue weighted by Gasteiger charge is -2.15. The highest BCUT2D eigenvalue weighted by Crippen LogP contribution is 2.28. The fourth-order valence-corrected chi connectivity index (χ4v) is 4.44. The van der Waals surface area contributed by atoms with Crippen molar-refractivity contribution in [2.75, 3.05) is 36.9 Å². The van der Waals surface area contributed by atoms with Crippen LogP contribution in [0.2, 0.25) is 0 Å². The third-order valence-electron chi connectivity index (χ3n) is 6.66. The molecule has 2 amide bonds. The van der Waals surface area contributed by atoms with E-state index in [1.54, 1.807) is 41.3 Å². The first-order valence-electron chi connectivity index (χ1n) is 13.7. The van der Waals surface area contributed by atoms with Crippen molar-refractivity contribution in [1.82, 2.24) is 19.7 Å². The molecule has 2 aromatic heterocycles. The Bertz CT molecular complexity index is 1390. The van der Waals surface area contributed by atoms with Crippen LogP contribution in [0.4, 0.5) is 16.3 Å². The van der Waals surface area contributed by atoms with Gasteiger partial charge in [-0.05, 0) is 86.6 Å². The van der Waals surface area contributed by atoms with Gasteiger partial charge in [0.05, 0.1) is 17.6 Å². The van der Waals surface area contributed by atoms with Crippen molar-refractivity contribution in [3.63, 3.8) is 0 Å². The molecule has 0 aliphatic carbocycles. The lowest BCUT2D eigenvalue weighted by molar-refractivity contribution is 0.238. The predicted octanol–water partition coefficient (Wildman–Crippen LogP) is 6.48. The molecule has 2 aromatic carbocycles. The number of benzene rings is 2. The van der Waals surface area contributed by atoms with Gasteiger partial charge in [-0.1, -0.05) is 20.8 Å². The van der Waals surface area contributed by atoms with Crippen molar-refractivity contribution in [2.45, 2.75) is 39.0 Å². The van der Waals surface area contributed by atoms with Crippen LogP contribution >= 0.6 is 0 Å². The highest BCUT2D eigenvalue weighted by molar-refractivity contribution is 5.99. The number of rotatable bonds is 9. The van der Waals surface area contributed by atoms with Crippen LogP contribution in [0.15, 0.2) is 79.1 Å². The Balaban J connectivity index is 1.24. The molecule has 0 spiro atoms. The summed E-state index contributed by atoms with van der Waals surface area (Å²) in [7, 11) is 0. The van der Waals surface area contributed by atoms with Gasteiger partial charge in [-0.15, -0.1) is 0 Å². The third-order valence-corrected chi connectivity index (χ3v) is 6.66. The summed E-state index contributed by atoms with van der Waals surface area (Å²) in [6.07, 6.45) is 5.88. The van der Waals surface area contributed by atoms with E-state index in [9.17, 15) is 4.79 Å². The summed E-state index contributed by atoms with van der Waals surface area (Å²) in [6, 6.07) is 20.1.